The molecule has 2 rings (SSSR count). The molecule has 0 atom stereocenters. The van der Waals surface area contributed by atoms with Gasteiger partial charge in [0, 0.05) is 13.1 Å². The highest BCUT2D eigenvalue weighted by Crippen LogP contribution is 2.14. The minimum atomic E-state index is -0.376. The summed E-state index contributed by atoms with van der Waals surface area (Å²) in [6, 6.07) is 13.2. The summed E-state index contributed by atoms with van der Waals surface area (Å²) in [6.07, 6.45) is 0.249. The normalized spacial score (nSPS) is 10.3. The number of methoxy groups -OCH3 is 2. The summed E-state index contributed by atoms with van der Waals surface area (Å²) in [5.74, 6) is -0.134. The first kappa shape index (κ1) is 19.4. The predicted molar refractivity (Wildman–Crippen MR) is 95.1 cm³/mol. The minimum Gasteiger partial charge on any atom is -0.497 e. The molecule has 26 heavy (non-hydrogen) atoms. The number of esters is 1. The van der Waals surface area contributed by atoms with E-state index in [1.807, 2.05) is 24.3 Å². The van der Waals surface area contributed by atoms with Crippen molar-refractivity contribution in [2.75, 3.05) is 20.8 Å². The third kappa shape index (κ3) is 5.88. The van der Waals surface area contributed by atoms with Crippen molar-refractivity contribution in [2.45, 2.75) is 19.4 Å². The van der Waals surface area contributed by atoms with Gasteiger partial charge in [0.05, 0.1) is 27.1 Å². The van der Waals surface area contributed by atoms with E-state index in [0.717, 1.165) is 11.3 Å². The molecule has 2 aromatic carbocycles. The molecule has 0 aliphatic rings. The van der Waals surface area contributed by atoms with Crippen LogP contribution in [0.4, 0.5) is 4.39 Å². The highest BCUT2D eigenvalue weighted by atomic mass is 19.1. The zero-order valence-corrected chi connectivity index (χ0v) is 14.9. The predicted octanol–water partition coefficient (Wildman–Crippen LogP) is 2.97. The van der Waals surface area contributed by atoms with Crippen LogP contribution in [0.5, 0.6) is 5.75 Å². The van der Waals surface area contributed by atoms with Crippen LogP contribution in [0.15, 0.2) is 48.5 Å². The maximum Gasteiger partial charge on any atom is 0.307 e. The molecule has 2 aromatic rings. The zero-order chi connectivity index (χ0) is 18.9. The van der Waals surface area contributed by atoms with Crippen molar-refractivity contribution < 1.29 is 23.5 Å². The highest BCUT2D eigenvalue weighted by molar-refractivity contribution is 5.79. The van der Waals surface area contributed by atoms with Gasteiger partial charge < -0.3 is 14.4 Å². The Morgan fingerprint density at radius 2 is 1.58 bits per heavy atom. The molecule has 0 fully saturated rings. The summed E-state index contributed by atoms with van der Waals surface area (Å²) in [7, 11) is 2.90. The van der Waals surface area contributed by atoms with Gasteiger partial charge in [0.15, 0.2) is 0 Å². The van der Waals surface area contributed by atoms with Crippen molar-refractivity contribution >= 4 is 11.9 Å². The fourth-order valence-electron chi connectivity index (χ4n) is 2.46. The molecule has 0 saturated carbocycles. The lowest BCUT2D eigenvalue weighted by atomic mass is 10.1. The first-order valence-electron chi connectivity index (χ1n) is 8.23. The minimum absolute atomic E-state index is 0.113. The number of benzene rings is 2. The molecule has 5 nitrogen and oxygen atoms in total. The molecule has 1 amide bonds. The van der Waals surface area contributed by atoms with Crippen LogP contribution < -0.4 is 4.74 Å². The van der Waals surface area contributed by atoms with Crippen LogP contribution in [0.2, 0.25) is 0 Å². The van der Waals surface area contributed by atoms with Crippen LogP contribution in [0.25, 0.3) is 0 Å². The van der Waals surface area contributed by atoms with Gasteiger partial charge in [0.2, 0.25) is 5.91 Å². The van der Waals surface area contributed by atoms with Crippen LogP contribution in [0, 0.1) is 5.82 Å². The molecule has 0 aliphatic heterocycles. The molecule has 0 aliphatic carbocycles. The van der Waals surface area contributed by atoms with Crippen molar-refractivity contribution in [3.63, 3.8) is 0 Å². The van der Waals surface area contributed by atoms with E-state index < -0.39 is 0 Å². The SMILES string of the molecule is COC(=O)CCN(Cc1ccc(OC)cc1)C(=O)Cc1ccc(F)cc1. The number of halogens is 1. The van der Waals surface area contributed by atoms with Crippen LogP contribution in [0.1, 0.15) is 17.5 Å². The van der Waals surface area contributed by atoms with Crippen LogP contribution in [-0.4, -0.2) is 37.5 Å². The van der Waals surface area contributed by atoms with E-state index in [1.54, 1.807) is 24.1 Å². The molecule has 0 aromatic heterocycles. The fourth-order valence-corrected chi connectivity index (χ4v) is 2.46. The van der Waals surface area contributed by atoms with E-state index in [9.17, 15) is 14.0 Å². The van der Waals surface area contributed by atoms with E-state index in [-0.39, 0.29) is 37.1 Å². The molecule has 0 N–H and O–H groups in total. The summed E-state index contributed by atoms with van der Waals surface area (Å²) < 4.78 is 22.8. The Balaban J connectivity index is 2.08. The van der Waals surface area contributed by atoms with Gasteiger partial charge in [-0.1, -0.05) is 24.3 Å². The third-order valence-electron chi connectivity index (χ3n) is 3.97. The van der Waals surface area contributed by atoms with E-state index in [4.69, 9.17) is 4.74 Å². The molecular weight excluding hydrogens is 337 g/mol. The van der Waals surface area contributed by atoms with Gasteiger partial charge in [-0.15, -0.1) is 0 Å². The molecule has 138 valence electrons. The third-order valence-corrected chi connectivity index (χ3v) is 3.97. The molecule has 0 unspecified atom stereocenters. The second-order valence-corrected chi connectivity index (χ2v) is 5.79. The number of hydrogen-bond donors (Lipinski definition) is 0. The highest BCUT2D eigenvalue weighted by Gasteiger charge is 2.16. The number of ether oxygens (including phenoxy) is 2. The van der Waals surface area contributed by atoms with Gasteiger partial charge in [-0.05, 0) is 35.4 Å². The van der Waals surface area contributed by atoms with Crippen molar-refractivity contribution in [2.24, 2.45) is 0 Å². The topological polar surface area (TPSA) is 55.8 Å². The first-order valence-corrected chi connectivity index (χ1v) is 8.23. The molecule has 0 spiro atoms. The van der Waals surface area contributed by atoms with Crippen molar-refractivity contribution in [1.82, 2.24) is 4.90 Å². The largest absolute Gasteiger partial charge is 0.497 e. The molecular formula is C20H22FNO4. The summed E-state index contributed by atoms with van der Waals surface area (Å²) in [6.45, 7) is 0.611. The van der Waals surface area contributed by atoms with Crippen molar-refractivity contribution in [1.29, 1.82) is 0 Å². The number of carbonyl (C=O) groups excluding carboxylic acids is 2. The van der Waals surface area contributed by atoms with Crippen LogP contribution >= 0.6 is 0 Å². The quantitative estimate of drug-likeness (QED) is 0.680. The van der Waals surface area contributed by atoms with E-state index in [0.29, 0.717) is 12.1 Å². The average Bonchev–Trinajstić information content (AvgIpc) is 2.67. The van der Waals surface area contributed by atoms with Gasteiger partial charge >= 0.3 is 5.97 Å². The summed E-state index contributed by atoms with van der Waals surface area (Å²) in [5.41, 5.74) is 1.64. The fraction of sp³-hybridized carbons (Fsp3) is 0.300. The monoisotopic (exact) mass is 359 g/mol. The lowest BCUT2D eigenvalue weighted by Gasteiger charge is -2.23. The zero-order valence-electron chi connectivity index (χ0n) is 14.9. The van der Waals surface area contributed by atoms with E-state index in [2.05, 4.69) is 4.74 Å². The van der Waals surface area contributed by atoms with Gasteiger partial charge in [-0.25, -0.2) is 4.39 Å². The molecule has 0 heterocycles. The Morgan fingerprint density at radius 1 is 0.962 bits per heavy atom. The van der Waals surface area contributed by atoms with Crippen LogP contribution in [-0.2, 0) is 27.3 Å². The summed E-state index contributed by atoms with van der Waals surface area (Å²) in [4.78, 5) is 25.7. The van der Waals surface area contributed by atoms with Gasteiger partial charge in [-0.3, -0.25) is 9.59 Å². The molecule has 0 saturated heterocycles. The van der Waals surface area contributed by atoms with Crippen molar-refractivity contribution in [3.05, 3.63) is 65.5 Å². The molecule has 0 radical (unpaired) electrons. The number of carbonyl (C=O) groups is 2. The number of amides is 1. The summed E-state index contributed by atoms with van der Waals surface area (Å²) >= 11 is 0. The Kier molecular flexibility index (Phi) is 7.14. The Bertz CT molecular complexity index is 728. The Morgan fingerprint density at radius 3 is 2.15 bits per heavy atom. The van der Waals surface area contributed by atoms with Crippen molar-refractivity contribution in [3.8, 4) is 5.75 Å². The standard InChI is InChI=1S/C20H22FNO4/c1-25-18-9-5-16(6-10-18)14-22(12-11-20(24)26-2)19(23)13-15-3-7-17(21)8-4-15/h3-10H,11-14H2,1-2H3. The summed E-state index contributed by atoms with van der Waals surface area (Å²) in [5, 5.41) is 0. The smallest absolute Gasteiger partial charge is 0.307 e. The van der Waals surface area contributed by atoms with Gasteiger partial charge in [0.1, 0.15) is 11.6 Å². The maximum atomic E-state index is 13.0. The molecule has 6 heteroatoms. The van der Waals surface area contributed by atoms with Crippen LogP contribution in [0.3, 0.4) is 0 Å². The number of hydrogen-bond acceptors (Lipinski definition) is 4. The molecule has 0 bridgehead atoms. The first-order chi connectivity index (χ1) is 12.5. The lowest BCUT2D eigenvalue weighted by Crippen LogP contribution is -2.34. The number of nitrogens with zero attached hydrogens (tertiary/aromatic N) is 1. The lowest BCUT2D eigenvalue weighted by molar-refractivity contribution is -0.141. The Labute approximate surface area is 152 Å². The van der Waals surface area contributed by atoms with E-state index in [1.165, 1.54) is 19.2 Å². The number of rotatable bonds is 8. The second-order valence-electron chi connectivity index (χ2n) is 5.79. The second kappa shape index (κ2) is 9.56. The maximum absolute atomic E-state index is 13.0. The van der Waals surface area contributed by atoms with E-state index >= 15 is 0 Å². The van der Waals surface area contributed by atoms with Gasteiger partial charge in [0.25, 0.3) is 0 Å². The Hall–Kier alpha value is -2.89. The average molecular weight is 359 g/mol. The van der Waals surface area contributed by atoms with Gasteiger partial charge in [-0.2, -0.15) is 0 Å².